The maximum atomic E-state index is 13.4. The molecule has 9 heteroatoms. The third kappa shape index (κ3) is 7.74. The Morgan fingerprint density at radius 3 is 2.60 bits per heavy atom. The van der Waals surface area contributed by atoms with E-state index in [-0.39, 0.29) is 25.0 Å². The number of amides is 2. The van der Waals surface area contributed by atoms with Crippen molar-refractivity contribution in [1.29, 1.82) is 0 Å². The molecule has 1 atom stereocenters. The van der Waals surface area contributed by atoms with E-state index in [2.05, 4.69) is 41.4 Å². The lowest BCUT2D eigenvalue weighted by molar-refractivity contribution is -0.138. The summed E-state index contributed by atoms with van der Waals surface area (Å²) >= 11 is 12.1. The Bertz CT molecular complexity index is 1350. The Hall–Kier alpha value is -3.13. The van der Waals surface area contributed by atoms with Crippen LogP contribution in [-0.4, -0.2) is 59.5 Å². The van der Waals surface area contributed by atoms with E-state index in [0.29, 0.717) is 35.1 Å². The van der Waals surface area contributed by atoms with Gasteiger partial charge in [-0.05, 0) is 60.1 Å². The number of hydrogen-bond donors (Lipinski definition) is 1. The Kier molecular flexibility index (Phi) is 10.8. The minimum Gasteiger partial charge on any atom is -0.391 e. The smallest absolute Gasteiger partial charge is 0.243 e. The Labute approximate surface area is 246 Å². The molecule has 1 aliphatic rings. The molecule has 4 rings (SSSR count). The van der Waals surface area contributed by atoms with E-state index in [1.807, 2.05) is 36.4 Å². The van der Waals surface area contributed by atoms with Crippen molar-refractivity contribution >= 4 is 51.5 Å². The van der Waals surface area contributed by atoms with Gasteiger partial charge >= 0.3 is 0 Å². The number of likely N-dealkylation sites (tertiary alicyclic amines) is 1. The highest BCUT2D eigenvalue weighted by molar-refractivity contribution is 6.42. The normalized spacial score (nSPS) is 16.2. The molecule has 0 unspecified atom stereocenters. The molecule has 2 amide bonds. The fraction of sp³-hybridized carbons (Fsp3) is 0.387. The lowest BCUT2D eigenvalue weighted by Crippen LogP contribution is -2.45. The van der Waals surface area contributed by atoms with Crippen molar-refractivity contribution in [2.45, 2.75) is 52.3 Å². The molecule has 0 aromatic heterocycles. The first-order chi connectivity index (χ1) is 19.4. The molecule has 0 radical (unpaired) electrons. The van der Waals surface area contributed by atoms with Crippen LogP contribution in [0.5, 0.6) is 0 Å². The second-order valence-corrected chi connectivity index (χ2v) is 10.7. The van der Waals surface area contributed by atoms with Crippen LogP contribution < -0.4 is 5.32 Å². The summed E-state index contributed by atoms with van der Waals surface area (Å²) in [7, 11) is 0. The maximum Gasteiger partial charge on any atom is 0.243 e. The van der Waals surface area contributed by atoms with Gasteiger partial charge in [0.25, 0.3) is 0 Å². The van der Waals surface area contributed by atoms with Crippen LogP contribution in [0.15, 0.2) is 65.8 Å². The first kappa shape index (κ1) is 29.8. The standard InChI is InChI=1S/C31H36Cl2N4O3/c1-3-36(4-2)16-8-13-30(38)37-20-25(35-40-21-22-14-15-27(32)28(33)17-22)18-29(37)31(39)34-19-24-11-7-10-23-9-5-6-12-26(23)24/h5-7,9-12,14-15,17,29H,3-4,8,13,16,18-21H2,1-2H3,(H,34,39)/t29-/m0/s1. The minimum atomic E-state index is -0.636. The highest BCUT2D eigenvalue weighted by Crippen LogP contribution is 2.24. The summed E-state index contributed by atoms with van der Waals surface area (Å²) < 4.78 is 0. The lowest BCUT2D eigenvalue weighted by atomic mass is 10.0. The Morgan fingerprint density at radius 2 is 1.82 bits per heavy atom. The van der Waals surface area contributed by atoms with Gasteiger partial charge in [-0.2, -0.15) is 0 Å². The summed E-state index contributed by atoms with van der Waals surface area (Å²) in [5.41, 5.74) is 2.51. The number of carbonyl (C=O) groups is 2. The average molecular weight is 584 g/mol. The predicted molar refractivity (Wildman–Crippen MR) is 162 cm³/mol. The van der Waals surface area contributed by atoms with Crippen molar-refractivity contribution in [2.24, 2.45) is 5.16 Å². The number of rotatable bonds is 12. The van der Waals surface area contributed by atoms with E-state index in [4.69, 9.17) is 28.0 Å². The monoisotopic (exact) mass is 582 g/mol. The largest absolute Gasteiger partial charge is 0.391 e. The van der Waals surface area contributed by atoms with Crippen molar-refractivity contribution < 1.29 is 14.4 Å². The second kappa shape index (κ2) is 14.5. The minimum absolute atomic E-state index is 0.0489. The van der Waals surface area contributed by atoms with Gasteiger partial charge in [0.05, 0.1) is 22.3 Å². The second-order valence-electron chi connectivity index (χ2n) is 9.91. The highest BCUT2D eigenvalue weighted by Gasteiger charge is 2.37. The van der Waals surface area contributed by atoms with Crippen LogP contribution in [0, 0.1) is 0 Å². The number of oxime groups is 1. The molecule has 1 fully saturated rings. The quantitative estimate of drug-likeness (QED) is 0.263. The number of benzene rings is 3. The predicted octanol–water partition coefficient (Wildman–Crippen LogP) is 6.06. The summed E-state index contributed by atoms with van der Waals surface area (Å²) in [5, 5.41) is 10.5. The van der Waals surface area contributed by atoms with E-state index in [0.717, 1.165) is 48.0 Å². The molecular weight excluding hydrogens is 547 g/mol. The molecule has 0 spiro atoms. The lowest BCUT2D eigenvalue weighted by Gasteiger charge is -2.24. The maximum absolute atomic E-state index is 13.4. The summed E-state index contributed by atoms with van der Waals surface area (Å²) in [6.07, 6.45) is 1.44. The van der Waals surface area contributed by atoms with Gasteiger partial charge in [-0.15, -0.1) is 0 Å². The molecule has 0 saturated carbocycles. The van der Waals surface area contributed by atoms with Crippen molar-refractivity contribution in [3.05, 3.63) is 81.8 Å². The third-order valence-electron chi connectivity index (χ3n) is 7.28. The van der Waals surface area contributed by atoms with E-state index >= 15 is 0 Å². The number of halogens is 2. The van der Waals surface area contributed by atoms with Gasteiger partial charge in [0, 0.05) is 19.4 Å². The van der Waals surface area contributed by atoms with Gasteiger partial charge in [-0.1, -0.05) is 90.7 Å². The molecule has 1 heterocycles. The van der Waals surface area contributed by atoms with E-state index < -0.39 is 6.04 Å². The van der Waals surface area contributed by atoms with Crippen LogP contribution >= 0.6 is 23.2 Å². The molecule has 7 nitrogen and oxygen atoms in total. The number of hydrogen-bond acceptors (Lipinski definition) is 5. The Morgan fingerprint density at radius 1 is 1.05 bits per heavy atom. The molecule has 1 N–H and O–H groups in total. The van der Waals surface area contributed by atoms with Crippen LogP contribution in [-0.2, 0) is 27.6 Å². The molecule has 0 aliphatic carbocycles. The molecule has 1 aliphatic heterocycles. The first-order valence-electron chi connectivity index (χ1n) is 13.8. The van der Waals surface area contributed by atoms with Crippen LogP contribution in [0.4, 0.5) is 0 Å². The van der Waals surface area contributed by atoms with Gasteiger partial charge in [0.1, 0.15) is 12.6 Å². The summed E-state index contributed by atoms with van der Waals surface area (Å²) in [6.45, 7) is 7.81. The first-order valence-corrected chi connectivity index (χ1v) is 14.5. The zero-order valence-electron chi connectivity index (χ0n) is 23.0. The van der Waals surface area contributed by atoms with E-state index in [1.54, 1.807) is 17.0 Å². The summed E-state index contributed by atoms with van der Waals surface area (Å²) in [6, 6.07) is 18.8. The van der Waals surface area contributed by atoms with Gasteiger partial charge < -0.3 is 20.0 Å². The number of fused-ring (bicyclic) bond motifs is 1. The fourth-order valence-corrected chi connectivity index (χ4v) is 5.30. The van der Waals surface area contributed by atoms with E-state index in [9.17, 15) is 9.59 Å². The highest BCUT2D eigenvalue weighted by atomic mass is 35.5. The zero-order valence-corrected chi connectivity index (χ0v) is 24.5. The molecule has 0 bridgehead atoms. The van der Waals surface area contributed by atoms with Crippen molar-refractivity contribution in [2.75, 3.05) is 26.2 Å². The summed E-state index contributed by atoms with van der Waals surface area (Å²) in [5.74, 6) is -0.244. The average Bonchev–Trinajstić information content (AvgIpc) is 3.40. The van der Waals surface area contributed by atoms with Crippen molar-refractivity contribution in [3.63, 3.8) is 0 Å². The van der Waals surface area contributed by atoms with Crippen LogP contribution in [0.25, 0.3) is 10.8 Å². The molecular formula is C31H36Cl2N4O3. The zero-order chi connectivity index (χ0) is 28.5. The number of nitrogens with one attached hydrogen (secondary N) is 1. The molecule has 3 aromatic rings. The molecule has 40 heavy (non-hydrogen) atoms. The number of nitrogens with zero attached hydrogens (tertiary/aromatic N) is 3. The van der Waals surface area contributed by atoms with Crippen molar-refractivity contribution in [1.82, 2.24) is 15.1 Å². The molecule has 212 valence electrons. The fourth-order valence-electron chi connectivity index (χ4n) is 4.98. The topological polar surface area (TPSA) is 74.2 Å². The van der Waals surface area contributed by atoms with Gasteiger partial charge in [-0.3, -0.25) is 9.59 Å². The van der Waals surface area contributed by atoms with Crippen LogP contribution in [0.2, 0.25) is 10.0 Å². The van der Waals surface area contributed by atoms with Gasteiger partial charge in [-0.25, -0.2) is 0 Å². The van der Waals surface area contributed by atoms with E-state index in [1.165, 1.54) is 0 Å². The van der Waals surface area contributed by atoms with Gasteiger partial charge in [0.15, 0.2) is 0 Å². The summed E-state index contributed by atoms with van der Waals surface area (Å²) in [4.78, 5) is 36.2. The number of carbonyl (C=O) groups excluding carboxylic acids is 2. The Balaban J connectivity index is 1.43. The van der Waals surface area contributed by atoms with Crippen LogP contribution in [0.1, 0.15) is 44.2 Å². The molecule has 1 saturated heterocycles. The third-order valence-corrected chi connectivity index (χ3v) is 8.02. The van der Waals surface area contributed by atoms with Crippen LogP contribution in [0.3, 0.4) is 0 Å². The SMILES string of the molecule is CCN(CC)CCCC(=O)N1CC(=NOCc2ccc(Cl)c(Cl)c2)C[C@H]1C(=O)NCc1cccc2ccccc12. The van der Waals surface area contributed by atoms with Gasteiger partial charge in [0.2, 0.25) is 11.8 Å². The van der Waals surface area contributed by atoms with Crippen molar-refractivity contribution in [3.8, 4) is 0 Å². The molecule has 3 aromatic carbocycles.